The van der Waals surface area contributed by atoms with Crippen molar-refractivity contribution in [2.24, 2.45) is 10.1 Å². The number of halogens is 1. The third-order valence-electron chi connectivity index (χ3n) is 3.20. The van der Waals surface area contributed by atoms with Crippen LogP contribution >= 0.6 is 11.6 Å². The Labute approximate surface area is 137 Å². The van der Waals surface area contributed by atoms with Crippen molar-refractivity contribution in [2.75, 3.05) is 10.6 Å². The van der Waals surface area contributed by atoms with E-state index in [1.807, 2.05) is 6.07 Å². The van der Waals surface area contributed by atoms with Crippen molar-refractivity contribution in [3.63, 3.8) is 0 Å². The summed E-state index contributed by atoms with van der Waals surface area (Å²) in [6.07, 6.45) is 0. The molecule has 9 heteroatoms. The van der Waals surface area contributed by atoms with E-state index in [1.165, 1.54) is 12.1 Å². The summed E-state index contributed by atoms with van der Waals surface area (Å²) in [6.45, 7) is 0.357. The number of fused-ring (bicyclic) bond motifs is 1. The molecule has 0 bridgehead atoms. The number of rotatable bonds is 2. The third kappa shape index (κ3) is 3.09. The number of nitrogens with one attached hydrogen (secondary N) is 2. The number of phenolic OH excluding ortho intramolecular Hbond substituents is 1. The molecule has 3 rings (SSSR count). The van der Waals surface area contributed by atoms with Crippen molar-refractivity contribution in [1.29, 1.82) is 0 Å². The fourth-order valence-electron chi connectivity index (χ4n) is 2.17. The molecule has 0 atom stereocenters. The van der Waals surface area contributed by atoms with Crippen LogP contribution in [0.15, 0.2) is 45.7 Å². The first-order chi connectivity index (χ1) is 10.9. The first kappa shape index (κ1) is 15.6. The normalized spacial score (nSPS) is 15.3. The molecule has 0 radical (unpaired) electrons. The van der Waals surface area contributed by atoms with E-state index >= 15 is 0 Å². The Bertz CT molecular complexity index is 912. The Hall–Kier alpha value is -2.29. The number of sulfonamides is 1. The van der Waals surface area contributed by atoms with Gasteiger partial charge in [-0.3, -0.25) is 0 Å². The van der Waals surface area contributed by atoms with Gasteiger partial charge < -0.3 is 21.5 Å². The fraction of sp³-hybridized carbons (Fsp3) is 0.0714. The van der Waals surface area contributed by atoms with Gasteiger partial charge in [-0.15, -0.1) is 4.40 Å². The zero-order valence-electron chi connectivity index (χ0n) is 11.7. The lowest BCUT2D eigenvalue weighted by Gasteiger charge is -2.20. The highest BCUT2D eigenvalue weighted by atomic mass is 35.5. The van der Waals surface area contributed by atoms with Gasteiger partial charge >= 0.3 is 0 Å². The van der Waals surface area contributed by atoms with Crippen molar-refractivity contribution in [3.05, 3.63) is 47.0 Å². The van der Waals surface area contributed by atoms with Crippen molar-refractivity contribution in [1.82, 2.24) is 0 Å². The smallest absolute Gasteiger partial charge is 0.287 e. The van der Waals surface area contributed by atoms with Crippen LogP contribution in [-0.2, 0) is 16.6 Å². The maximum absolute atomic E-state index is 12.2. The predicted octanol–water partition coefficient (Wildman–Crippen LogP) is 2.09. The lowest BCUT2D eigenvalue weighted by atomic mass is 10.2. The van der Waals surface area contributed by atoms with Gasteiger partial charge in [-0.05, 0) is 23.8 Å². The van der Waals surface area contributed by atoms with Crippen LogP contribution in [-0.4, -0.2) is 19.5 Å². The lowest BCUT2D eigenvalue weighted by Crippen LogP contribution is -2.28. The van der Waals surface area contributed by atoms with Crippen molar-refractivity contribution < 1.29 is 13.5 Å². The number of phenols is 1. The third-order valence-corrected chi connectivity index (χ3v) is 4.72. The Kier molecular flexibility index (Phi) is 3.88. The molecule has 0 aromatic heterocycles. The second kappa shape index (κ2) is 5.73. The van der Waals surface area contributed by atoms with Gasteiger partial charge in [0.1, 0.15) is 16.3 Å². The number of nitrogens with zero attached hydrogens (tertiary/aromatic N) is 1. The van der Waals surface area contributed by atoms with Crippen LogP contribution in [0.3, 0.4) is 0 Å². The summed E-state index contributed by atoms with van der Waals surface area (Å²) in [5.74, 6) is -0.301. The molecule has 23 heavy (non-hydrogen) atoms. The van der Waals surface area contributed by atoms with Crippen LogP contribution in [0.5, 0.6) is 5.75 Å². The molecule has 0 fully saturated rings. The standard InChI is InChI=1S/C14H13ClN4O3S/c15-9-5-11(20)13-12(6-9)23(21,22)19-14(18-13)17-10-3-1-2-8(4-10)7-16/h1-6,20H,7,16H2,(H2,17,18,19). The maximum atomic E-state index is 12.2. The molecule has 2 aromatic carbocycles. The predicted molar refractivity (Wildman–Crippen MR) is 89.3 cm³/mol. The van der Waals surface area contributed by atoms with Gasteiger partial charge in [0.2, 0.25) is 5.96 Å². The molecule has 1 aliphatic rings. The first-order valence-electron chi connectivity index (χ1n) is 6.59. The molecule has 5 N–H and O–H groups in total. The first-order valence-corrected chi connectivity index (χ1v) is 8.41. The molecule has 0 saturated heterocycles. The van der Waals surface area contributed by atoms with E-state index in [1.54, 1.807) is 18.2 Å². The monoisotopic (exact) mass is 352 g/mol. The maximum Gasteiger partial charge on any atom is 0.287 e. The number of guanidine groups is 1. The lowest BCUT2D eigenvalue weighted by molar-refractivity contribution is 0.476. The zero-order valence-corrected chi connectivity index (χ0v) is 13.3. The number of hydrogen-bond donors (Lipinski definition) is 4. The average Bonchev–Trinajstić information content (AvgIpc) is 2.48. The van der Waals surface area contributed by atoms with Crippen LogP contribution < -0.4 is 16.4 Å². The van der Waals surface area contributed by atoms with Crippen molar-refractivity contribution in [2.45, 2.75) is 11.4 Å². The Morgan fingerprint density at radius 2 is 2.09 bits per heavy atom. The number of anilines is 2. The SMILES string of the molecule is NCc1cccc(NC2=NS(=O)(=O)c3cc(Cl)cc(O)c3N2)c1. The Morgan fingerprint density at radius 1 is 1.30 bits per heavy atom. The summed E-state index contributed by atoms with van der Waals surface area (Å²) in [6, 6.07) is 9.63. The van der Waals surface area contributed by atoms with Gasteiger partial charge in [0.15, 0.2) is 0 Å². The second-order valence-electron chi connectivity index (χ2n) is 4.87. The number of aromatic hydroxyl groups is 1. The van der Waals surface area contributed by atoms with Gasteiger partial charge in [-0.25, -0.2) is 0 Å². The summed E-state index contributed by atoms with van der Waals surface area (Å²) in [7, 11) is -3.98. The van der Waals surface area contributed by atoms with E-state index in [4.69, 9.17) is 17.3 Å². The van der Waals surface area contributed by atoms with Crippen LogP contribution in [0.2, 0.25) is 5.02 Å². The van der Waals surface area contributed by atoms with Gasteiger partial charge in [0, 0.05) is 23.3 Å². The van der Waals surface area contributed by atoms with E-state index in [-0.39, 0.29) is 27.3 Å². The second-order valence-corrected chi connectivity index (χ2v) is 6.88. The summed E-state index contributed by atoms with van der Waals surface area (Å²) < 4.78 is 28.1. The Morgan fingerprint density at radius 3 is 2.83 bits per heavy atom. The molecule has 0 unspecified atom stereocenters. The van der Waals surface area contributed by atoms with E-state index < -0.39 is 10.0 Å². The number of hydrogen-bond acceptors (Lipinski definition) is 6. The van der Waals surface area contributed by atoms with Gasteiger partial charge in [0.05, 0.1) is 0 Å². The largest absolute Gasteiger partial charge is 0.506 e. The molecule has 0 amide bonds. The van der Waals surface area contributed by atoms with Gasteiger partial charge in [-0.2, -0.15) is 8.42 Å². The minimum absolute atomic E-state index is 0.0238. The average molecular weight is 353 g/mol. The molecule has 1 aliphatic heterocycles. The Balaban J connectivity index is 1.99. The van der Waals surface area contributed by atoms with E-state index in [9.17, 15) is 13.5 Å². The molecule has 0 aliphatic carbocycles. The molecular weight excluding hydrogens is 340 g/mol. The zero-order chi connectivity index (χ0) is 16.6. The molecule has 0 saturated carbocycles. The van der Waals surface area contributed by atoms with Crippen LogP contribution in [0.25, 0.3) is 0 Å². The fourth-order valence-corrected chi connectivity index (χ4v) is 3.57. The van der Waals surface area contributed by atoms with E-state index in [0.717, 1.165) is 5.56 Å². The molecule has 2 aromatic rings. The quantitative estimate of drug-likeness (QED) is 0.615. The molecule has 7 nitrogen and oxygen atoms in total. The van der Waals surface area contributed by atoms with E-state index in [2.05, 4.69) is 15.0 Å². The number of benzene rings is 2. The number of nitrogens with two attached hydrogens (primary N) is 1. The van der Waals surface area contributed by atoms with E-state index in [0.29, 0.717) is 12.2 Å². The minimum atomic E-state index is -3.98. The van der Waals surface area contributed by atoms with Crippen LogP contribution in [0.4, 0.5) is 11.4 Å². The topological polar surface area (TPSA) is 117 Å². The van der Waals surface area contributed by atoms with Crippen molar-refractivity contribution in [3.8, 4) is 5.75 Å². The van der Waals surface area contributed by atoms with Gasteiger partial charge in [0.25, 0.3) is 10.0 Å². The molecule has 1 heterocycles. The summed E-state index contributed by atoms with van der Waals surface area (Å²) in [5, 5.41) is 15.6. The summed E-state index contributed by atoms with van der Waals surface area (Å²) in [5.41, 5.74) is 7.10. The minimum Gasteiger partial charge on any atom is -0.506 e. The van der Waals surface area contributed by atoms with Crippen molar-refractivity contribution >= 4 is 39.0 Å². The van der Waals surface area contributed by atoms with Crippen LogP contribution in [0.1, 0.15) is 5.56 Å². The summed E-state index contributed by atoms with van der Waals surface area (Å²) in [4.78, 5) is -0.177. The van der Waals surface area contributed by atoms with Gasteiger partial charge in [-0.1, -0.05) is 23.7 Å². The molecule has 120 valence electrons. The highest BCUT2D eigenvalue weighted by molar-refractivity contribution is 7.90. The summed E-state index contributed by atoms with van der Waals surface area (Å²) >= 11 is 5.78. The van der Waals surface area contributed by atoms with Crippen LogP contribution in [0, 0.1) is 0 Å². The highest BCUT2D eigenvalue weighted by Gasteiger charge is 2.28. The molecular formula is C14H13ClN4O3S. The highest BCUT2D eigenvalue weighted by Crippen LogP contribution is 2.37. The molecule has 0 spiro atoms.